The fourth-order valence-corrected chi connectivity index (χ4v) is 4.34. The number of carbonyl (C=O) groups excluding carboxylic acids is 1. The molecule has 0 saturated heterocycles. The molecule has 5 rings (SSSR count). The van der Waals surface area contributed by atoms with Gasteiger partial charge < -0.3 is 14.8 Å². The van der Waals surface area contributed by atoms with Gasteiger partial charge in [0.05, 0.1) is 12.3 Å². The summed E-state index contributed by atoms with van der Waals surface area (Å²) in [6.07, 6.45) is 3.87. The number of rotatable bonds is 7. The number of hydrogen-bond acceptors (Lipinski definition) is 8. The van der Waals surface area contributed by atoms with Crippen LogP contribution >= 0.6 is 11.8 Å². The number of anilines is 1. The van der Waals surface area contributed by atoms with Gasteiger partial charge in [0.2, 0.25) is 12.7 Å². The summed E-state index contributed by atoms with van der Waals surface area (Å²) in [6.45, 7) is 2.48. The minimum absolute atomic E-state index is 0.0783. The zero-order valence-corrected chi connectivity index (χ0v) is 19.2. The van der Waals surface area contributed by atoms with E-state index in [0.717, 1.165) is 17.7 Å². The third-order valence-corrected chi connectivity index (χ3v) is 6.29. The molecule has 1 N–H and O–H groups in total. The van der Waals surface area contributed by atoms with Gasteiger partial charge in [-0.2, -0.15) is 0 Å². The van der Waals surface area contributed by atoms with Crippen LogP contribution in [0.2, 0.25) is 0 Å². The van der Waals surface area contributed by atoms with E-state index >= 15 is 0 Å². The Morgan fingerprint density at radius 2 is 1.82 bits per heavy atom. The van der Waals surface area contributed by atoms with Crippen molar-refractivity contribution in [1.82, 2.24) is 19.5 Å². The number of thioether (sulfide) groups is 1. The van der Waals surface area contributed by atoms with Crippen LogP contribution in [0.1, 0.15) is 18.1 Å². The molecule has 0 atom stereocenters. The Morgan fingerprint density at radius 3 is 2.65 bits per heavy atom. The molecule has 0 unspecified atom stereocenters. The third-order valence-electron chi connectivity index (χ3n) is 5.32. The maximum atomic E-state index is 13.2. The summed E-state index contributed by atoms with van der Waals surface area (Å²) in [5.74, 6) is 1.17. The van der Waals surface area contributed by atoms with E-state index in [1.165, 1.54) is 34.3 Å². The van der Waals surface area contributed by atoms with Crippen molar-refractivity contribution in [3.8, 4) is 11.5 Å². The van der Waals surface area contributed by atoms with Crippen molar-refractivity contribution in [2.75, 3.05) is 17.9 Å². The van der Waals surface area contributed by atoms with Crippen LogP contribution in [-0.4, -0.2) is 38.0 Å². The molecule has 3 heterocycles. The zero-order chi connectivity index (χ0) is 23.5. The molecular weight excluding hydrogens is 454 g/mol. The first-order chi connectivity index (χ1) is 16.6. The Labute approximate surface area is 199 Å². The Balaban J connectivity index is 1.40. The topological polar surface area (TPSA) is 108 Å². The highest BCUT2D eigenvalue weighted by Crippen LogP contribution is 2.33. The van der Waals surface area contributed by atoms with Gasteiger partial charge in [-0.3, -0.25) is 14.2 Å². The second-order valence-corrected chi connectivity index (χ2v) is 8.53. The minimum atomic E-state index is -0.325. The number of ether oxygens (including phenoxy) is 2. The number of nitrogens with one attached hydrogen (secondary N) is 1. The predicted molar refractivity (Wildman–Crippen MR) is 128 cm³/mol. The molecule has 9 nitrogen and oxygen atoms in total. The van der Waals surface area contributed by atoms with Crippen molar-refractivity contribution < 1.29 is 14.3 Å². The van der Waals surface area contributed by atoms with Crippen LogP contribution in [0.5, 0.6) is 11.5 Å². The van der Waals surface area contributed by atoms with Crippen LogP contribution in [0.25, 0.3) is 11.2 Å². The van der Waals surface area contributed by atoms with E-state index in [2.05, 4.69) is 27.2 Å². The van der Waals surface area contributed by atoms with Crippen molar-refractivity contribution in [1.29, 1.82) is 0 Å². The van der Waals surface area contributed by atoms with Gasteiger partial charge in [-0.05, 0) is 41.8 Å². The van der Waals surface area contributed by atoms with Crippen molar-refractivity contribution in [2.24, 2.45) is 0 Å². The fourth-order valence-electron chi connectivity index (χ4n) is 3.55. The number of hydrogen-bond donors (Lipinski definition) is 1. The predicted octanol–water partition coefficient (Wildman–Crippen LogP) is 3.26. The highest BCUT2D eigenvalue weighted by Gasteiger charge is 2.18. The Hall–Kier alpha value is -3.92. The summed E-state index contributed by atoms with van der Waals surface area (Å²) < 4.78 is 12.3. The number of benzene rings is 2. The van der Waals surface area contributed by atoms with Crippen LogP contribution < -0.4 is 20.3 Å². The molecule has 0 spiro atoms. The van der Waals surface area contributed by atoms with Gasteiger partial charge in [0.1, 0.15) is 0 Å². The Morgan fingerprint density at radius 1 is 1.06 bits per heavy atom. The zero-order valence-electron chi connectivity index (χ0n) is 18.4. The number of aromatic nitrogens is 4. The maximum Gasteiger partial charge on any atom is 0.282 e. The normalized spacial score (nSPS) is 12.1. The number of aryl methyl sites for hydroxylation is 1. The number of fused-ring (bicyclic) bond motifs is 2. The van der Waals surface area contributed by atoms with Crippen molar-refractivity contribution in [2.45, 2.75) is 25.0 Å². The fraction of sp³-hybridized carbons (Fsp3) is 0.208. The third kappa shape index (κ3) is 4.58. The molecule has 2 aromatic carbocycles. The number of nitrogens with zero attached hydrogens (tertiary/aromatic N) is 4. The van der Waals surface area contributed by atoms with Crippen LogP contribution in [-0.2, 0) is 17.8 Å². The van der Waals surface area contributed by atoms with E-state index in [1.54, 1.807) is 6.07 Å². The van der Waals surface area contributed by atoms with Crippen LogP contribution in [0.15, 0.2) is 64.8 Å². The molecule has 0 saturated carbocycles. The average Bonchev–Trinajstić information content (AvgIpc) is 3.33. The Bertz CT molecular complexity index is 1420. The summed E-state index contributed by atoms with van der Waals surface area (Å²) in [4.78, 5) is 38.7. The van der Waals surface area contributed by atoms with Gasteiger partial charge in [0.25, 0.3) is 5.56 Å². The van der Waals surface area contributed by atoms with Gasteiger partial charge in [0, 0.05) is 18.1 Å². The molecular formula is C24H21N5O4S. The van der Waals surface area contributed by atoms with E-state index in [-0.39, 0.29) is 41.7 Å². The molecule has 4 aromatic rings. The first-order valence-corrected chi connectivity index (χ1v) is 11.7. The average molecular weight is 476 g/mol. The van der Waals surface area contributed by atoms with Gasteiger partial charge in [-0.25, -0.2) is 15.0 Å². The van der Waals surface area contributed by atoms with Crippen LogP contribution in [0.3, 0.4) is 0 Å². The van der Waals surface area contributed by atoms with E-state index in [4.69, 9.17) is 9.47 Å². The second kappa shape index (κ2) is 9.52. The summed E-state index contributed by atoms with van der Waals surface area (Å²) in [7, 11) is 0. The molecule has 10 heteroatoms. The van der Waals surface area contributed by atoms with Gasteiger partial charge in [0.15, 0.2) is 27.8 Å². The minimum Gasteiger partial charge on any atom is -0.454 e. The van der Waals surface area contributed by atoms with E-state index in [0.29, 0.717) is 16.7 Å². The van der Waals surface area contributed by atoms with E-state index in [9.17, 15) is 9.59 Å². The van der Waals surface area contributed by atoms with Crippen LogP contribution in [0, 0.1) is 0 Å². The monoisotopic (exact) mass is 475 g/mol. The molecule has 1 aliphatic heterocycles. The lowest BCUT2D eigenvalue weighted by molar-refractivity contribution is -0.113. The van der Waals surface area contributed by atoms with E-state index in [1.807, 2.05) is 36.4 Å². The first-order valence-electron chi connectivity index (χ1n) is 10.7. The quantitative estimate of drug-likeness (QED) is 0.321. The summed E-state index contributed by atoms with van der Waals surface area (Å²) in [6, 6.07) is 13.2. The Kier molecular flexibility index (Phi) is 6.13. The molecule has 0 aliphatic carbocycles. The number of amides is 1. The van der Waals surface area contributed by atoms with Crippen molar-refractivity contribution in [3.05, 3.63) is 76.3 Å². The van der Waals surface area contributed by atoms with Crippen molar-refractivity contribution in [3.63, 3.8) is 0 Å². The molecule has 172 valence electrons. The van der Waals surface area contributed by atoms with E-state index < -0.39 is 0 Å². The lowest BCUT2D eigenvalue weighted by atomic mass is 10.1. The summed E-state index contributed by atoms with van der Waals surface area (Å²) in [5, 5.41) is 3.26. The van der Waals surface area contributed by atoms with Gasteiger partial charge in [-0.15, -0.1) is 0 Å². The molecule has 0 fully saturated rings. The lowest BCUT2D eigenvalue weighted by Crippen LogP contribution is -2.25. The standard InChI is InChI=1S/C24H21N5O4S/c1-2-15-3-6-17(7-4-15)27-20(30)13-34-24-28-22-21(25-9-10-26-22)23(31)29(24)12-16-5-8-18-19(11-16)33-14-32-18/h3-11H,2,12-14H2,1H3,(H,27,30). The smallest absolute Gasteiger partial charge is 0.282 e. The van der Waals surface area contributed by atoms with Gasteiger partial charge in [-0.1, -0.05) is 36.9 Å². The highest BCUT2D eigenvalue weighted by molar-refractivity contribution is 7.99. The molecule has 34 heavy (non-hydrogen) atoms. The summed E-state index contributed by atoms with van der Waals surface area (Å²) in [5.41, 5.74) is 2.84. The first kappa shape index (κ1) is 21.9. The largest absolute Gasteiger partial charge is 0.454 e. The highest BCUT2D eigenvalue weighted by atomic mass is 32.2. The molecule has 1 aliphatic rings. The van der Waals surface area contributed by atoms with Crippen molar-refractivity contribution >= 4 is 34.5 Å². The molecule has 2 aromatic heterocycles. The van der Waals surface area contributed by atoms with Gasteiger partial charge >= 0.3 is 0 Å². The maximum absolute atomic E-state index is 13.2. The summed E-state index contributed by atoms with van der Waals surface area (Å²) >= 11 is 1.17. The molecule has 0 bridgehead atoms. The number of carbonyl (C=O) groups is 1. The molecule has 0 radical (unpaired) electrons. The second-order valence-electron chi connectivity index (χ2n) is 7.59. The SMILES string of the molecule is CCc1ccc(NC(=O)CSc2nc3nccnc3c(=O)n2Cc2ccc3c(c2)OCO3)cc1. The van der Waals surface area contributed by atoms with Crippen LogP contribution in [0.4, 0.5) is 5.69 Å². The lowest BCUT2D eigenvalue weighted by Gasteiger charge is -2.13. The molecule has 1 amide bonds.